The Bertz CT molecular complexity index is 1830. The summed E-state index contributed by atoms with van der Waals surface area (Å²) < 4.78 is 24.3. The van der Waals surface area contributed by atoms with Gasteiger partial charge in [-0.25, -0.2) is 28.4 Å². The fourth-order valence-electron chi connectivity index (χ4n) is 4.61. The molecule has 2 unspecified atom stereocenters. The Kier molecular flexibility index (Phi) is 5.93. The fourth-order valence-corrected chi connectivity index (χ4v) is 4.61. The van der Waals surface area contributed by atoms with E-state index in [1.165, 1.54) is 32.4 Å². The maximum absolute atomic E-state index is 14.3. The average molecular weight is 545 g/mol. The Labute approximate surface area is 226 Å². The largest absolute Gasteiger partial charge is 0.473 e. The number of benzene rings is 1. The van der Waals surface area contributed by atoms with E-state index in [2.05, 4.69) is 25.8 Å². The van der Waals surface area contributed by atoms with Crippen molar-refractivity contribution in [3.05, 3.63) is 76.5 Å². The first-order valence-electron chi connectivity index (χ1n) is 12.5. The Hall–Kier alpha value is -5.27. The SMILES string of the molecule is CC1CNC(=O)c2cnn3c(N)c(-c4ccc(-n5cnn(C)c5=O)cc4)c(nc23)NC(C)c2cc(F)cnc2O1. The van der Waals surface area contributed by atoms with Gasteiger partial charge in [0.2, 0.25) is 5.88 Å². The zero-order valence-corrected chi connectivity index (χ0v) is 21.8. The van der Waals surface area contributed by atoms with Crippen molar-refractivity contribution in [2.24, 2.45) is 7.05 Å². The third kappa shape index (κ3) is 4.19. The molecule has 13 nitrogen and oxygen atoms in total. The van der Waals surface area contributed by atoms with Gasteiger partial charge in [0.05, 0.1) is 36.2 Å². The van der Waals surface area contributed by atoms with Crippen molar-refractivity contribution in [3.63, 3.8) is 0 Å². The summed E-state index contributed by atoms with van der Waals surface area (Å²) in [5, 5.41) is 14.5. The van der Waals surface area contributed by atoms with Gasteiger partial charge >= 0.3 is 5.69 Å². The molecule has 40 heavy (non-hydrogen) atoms. The number of fused-ring (bicyclic) bond motifs is 2. The van der Waals surface area contributed by atoms with Crippen LogP contribution in [0.15, 0.2) is 53.8 Å². The minimum atomic E-state index is -0.525. The van der Waals surface area contributed by atoms with Gasteiger partial charge in [0.1, 0.15) is 35.4 Å². The molecule has 1 aromatic carbocycles. The molecule has 0 saturated carbocycles. The molecule has 1 aliphatic rings. The molecule has 6 rings (SSSR count). The molecular formula is C26H25FN10O3. The highest BCUT2D eigenvalue weighted by Crippen LogP contribution is 2.37. The fraction of sp³-hybridized carbons (Fsp3) is 0.231. The second-order valence-electron chi connectivity index (χ2n) is 9.52. The van der Waals surface area contributed by atoms with Crippen LogP contribution >= 0.6 is 0 Å². The lowest BCUT2D eigenvalue weighted by Crippen LogP contribution is -2.34. The van der Waals surface area contributed by atoms with Crippen LogP contribution < -0.4 is 26.8 Å². The average Bonchev–Trinajstić information content (AvgIpc) is 3.51. The van der Waals surface area contributed by atoms with Crippen molar-refractivity contribution < 1.29 is 13.9 Å². The van der Waals surface area contributed by atoms with E-state index in [1.54, 1.807) is 38.2 Å². The van der Waals surface area contributed by atoms with Crippen molar-refractivity contribution in [2.45, 2.75) is 26.0 Å². The molecule has 5 aromatic rings. The third-order valence-corrected chi connectivity index (χ3v) is 6.71. The highest BCUT2D eigenvalue weighted by Gasteiger charge is 2.25. The van der Waals surface area contributed by atoms with Crippen LogP contribution in [0.2, 0.25) is 0 Å². The number of aryl methyl sites for hydroxylation is 1. The van der Waals surface area contributed by atoms with E-state index in [4.69, 9.17) is 15.5 Å². The number of anilines is 2. The van der Waals surface area contributed by atoms with Crippen molar-refractivity contribution in [2.75, 3.05) is 17.6 Å². The number of hydrogen-bond donors (Lipinski definition) is 3. The summed E-state index contributed by atoms with van der Waals surface area (Å²) in [6, 6.07) is 7.90. The monoisotopic (exact) mass is 544 g/mol. The van der Waals surface area contributed by atoms with Crippen LogP contribution in [0.25, 0.3) is 22.5 Å². The molecule has 5 heterocycles. The molecule has 204 valence electrons. The van der Waals surface area contributed by atoms with Gasteiger partial charge in [-0.15, -0.1) is 0 Å². The van der Waals surface area contributed by atoms with Crippen LogP contribution in [0.5, 0.6) is 5.88 Å². The van der Waals surface area contributed by atoms with Crippen molar-refractivity contribution in [1.29, 1.82) is 0 Å². The van der Waals surface area contributed by atoms with E-state index in [0.717, 1.165) is 6.20 Å². The van der Waals surface area contributed by atoms with Crippen LogP contribution in [-0.2, 0) is 7.05 Å². The Morgan fingerprint density at radius 2 is 1.90 bits per heavy atom. The molecule has 4 aromatic heterocycles. The first-order chi connectivity index (χ1) is 19.2. The number of nitrogen functional groups attached to an aromatic ring is 1. The van der Waals surface area contributed by atoms with Crippen LogP contribution in [0.4, 0.5) is 16.0 Å². The summed E-state index contributed by atoms with van der Waals surface area (Å²) >= 11 is 0. The lowest BCUT2D eigenvalue weighted by atomic mass is 10.0. The van der Waals surface area contributed by atoms with Crippen LogP contribution in [0, 0.1) is 5.82 Å². The summed E-state index contributed by atoms with van der Waals surface area (Å²) in [5.74, 6) is -0.138. The van der Waals surface area contributed by atoms with Gasteiger partial charge in [0, 0.05) is 12.6 Å². The number of aromatic nitrogens is 7. The third-order valence-electron chi connectivity index (χ3n) is 6.71. The minimum absolute atomic E-state index is 0.170. The van der Waals surface area contributed by atoms with Crippen LogP contribution in [0.3, 0.4) is 0 Å². The maximum atomic E-state index is 14.3. The zero-order chi connectivity index (χ0) is 28.1. The second kappa shape index (κ2) is 9.48. The molecule has 0 radical (unpaired) electrons. The highest BCUT2D eigenvalue weighted by atomic mass is 19.1. The second-order valence-corrected chi connectivity index (χ2v) is 9.52. The number of nitrogens with one attached hydrogen (secondary N) is 2. The number of hydrogen-bond acceptors (Lipinski definition) is 9. The number of carbonyl (C=O) groups excluding carboxylic acids is 1. The maximum Gasteiger partial charge on any atom is 0.350 e. The molecule has 0 spiro atoms. The number of amides is 1. The normalized spacial score (nSPS) is 17.2. The van der Waals surface area contributed by atoms with Gasteiger partial charge in [-0.05, 0) is 37.6 Å². The smallest absolute Gasteiger partial charge is 0.350 e. The molecule has 0 saturated heterocycles. The standard InChI is InChI=1S/C26H25FN10O3/c1-13-9-29-24(38)19-11-31-37-21(28)20(15-4-6-17(7-5-15)36-12-32-35(3)26(36)39)22(34-23(19)37)33-14(2)18-8-16(27)10-30-25(18)40-13/h4-8,10-14H,9,28H2,1-3H3,(H,29,38)(H,33,34). The Balaban J connectivity index is 1.52. The predicted octanol–water partition coefficient (Wildman–Crippen LogP) is 2.08. The quantitative estimate of drug-likeness (QED) is 0.302. The lowest BCUT2D eigenvalue weighted by molar-refractivity contribution is 0.0932. The molecule has 14 heteroatoms. The number of pyridine rings is 1. The predicted molar refractivity (Wildman–Crippen MR) is 144 cm³/mol. The molecule has 1 amide bonds. The Morgan fingerprint density at radius 3 is 2.62 bits per heavy atom. The van der Waals surface area contributed by atoms with E-state index >= 15 is 0 Å². The van der Waals surface area contributed by atoms with Gasteiger partial charge in [0.15, 0.2) is 5.65 Å². The molecule has 0 aliphatic carbocycles. The van der Waals surface area contributed by atoms with Gasteiger partial charge in [-0.1, -0.05) is 12.1 Å². The topological polar surface area (TPSA) is 159 Å². The first-order valence-corrected chi connectivity index (χ1v) is 12.5. The number of nitrogens with two attached hydrogens (primary N) is 1. The summed E-state index contributed by atoms with van der Waals surface area (Å²) in [6.45, 7) is 3.76. The molecule has 1 aliphatic heterocycles. The minimum Gasteiger partial charge on any atom is -0.473 e. The van der Waals surface area contributed by atoms with Crippen molar-refractivity contribution >= 4 is 23.2 Å². The summed E-state index contributed by atoms with van der Waals surface area (Å²) in [4.78, 5) is 34.3. The zero-order valence-electron chi connectivity index (χ0n) is 21.8. The van der Waals surface area contributed by atoms with E-state index < -0.39 is 23.9 Å². The van der Waals surface area contributed by atoms with Crippen LogP contribution in [0.1, 0.15) is 35.8 Å². The highest BCUT2D eigenvalue weighted by molar-refractivity contribution is 6.01. The van der Waals surface area contributed by atoms with Crippen molar-refractivity contribution in [3.8, 4) is 22.7 Å². The van der Waals surface area contributed by atoms with Gasteiger partial charge < -0.3 is 21.1 Å². The number of halogens is 1. The molecule has 2 bridgehead atoms. The van der Waals surface area contributed by atoms with E-state index in [0.29, 0.717) is 28.2 Å². The lowest BCUT2D eigenvalue weighted by Gasteiger charge is -2.22. The molecule has 4 N–H and O–H groups in total. The number of ether oxygens (including phenoxy) is 1. The summed E-state index contributed by atoms with van der Waals surface area (Å²) in [7, 11) is 1.57. The Morgan fingerprint density at radius 1 is 1.12 bits per heavy atom. The van der Waals surface area contributed by atoms with Gasteiger partial charge in [-0.3, -0.25) is 4.79 Å². The van der Waals surface area contributed by atoms with Crippen molar-refractivity contribution in [1.82, 2.24) is 39.2 Å². The van der Waals surface area contributed by atoms with E-state index in [-0.39, 0.29) is 35.1 Å². The number of carbonyl (C=O) groups is 1. The number of rotatable bonds is 2. The molecule has 0 fully saturated rings. The first kappa shape index (κ1) is 25.0. The van der Waals surface area contributed by atoms with Gasteiger partial charge in [-0.2, -0.15) is 14.7 Å². The van der Waals surface area contributed by atoms with Crippen LogP contribution in [-0.4, -0.2) is 52.5 Å². The van der Waals surface area contributed by atoms with E-state index in [9.17, 15) is 14.0 Å². The number of nitrogens with zero attached hydrogens (tertiary/aromatic N) is 7. The molecular weight excluding hydrogens is 519 g/mol. The van der Waals surface area contributed by atoms with E-state index in [1.807, 2.05) is 6.92 Å². The summed E-state index contributed by atoms with van der Waals surface area (Å²) in [6.07, 6.45) is 3.46. The molecule has 2 atom stereocenters. The summed E-state index contributed by atoms with van der Waals surface area (Å²) in [5.41, 5.74) is 9.06. The van der Waals surface area contributed by atoms with Gasteiger partial charge in [0.25, 0.3) is 5.91 Å².